The molecule has 2 aromatic carbocycles. The number of para-hydroxylation sites is 1. The Bertz CT molecular complexity index is 1190. The first-order valence-corrected chi connectivity index (χ1v) is 12.4. The minimum atomic E-state index is -3.80. The number of carbonyl (C=O) groups is 1. The predicted molar refractivity (Wildman–Crippen MR) is 123 cm³/mol. The quantitative estimate of drug-likeness (QED) is 0.533. The van der Waals surface area contributed by atoms with Gasteiger partial charge in [0.05, 0.1) is 27.9 Å². The van der Waals surface area contributed by atoms with Gasteiger partial charge in [-0.15, -0.1) is 0 Å². The molecule has 0 radical (unpaired) electrons. The summed E-state index contributed by atoms with van der Waals surface area (Å²) in [6.45, 7) is 1.01. The van der Waals surface area contributed by atoms with Gasteiger partial charge in [-0.3, -0.25) is 9.69 Å². The van der Waals surface area contributed by atoms with E-state index in [1.165, 1.54) is 43.6 Å². The smallest absolute Gasteiger partial charge is 0.260 e. The molecule has 1 atom stereocenters. The van der Waals surface area contributed by atoms with Gasteiger partial charge in [0.15, 0.2) is 5.13 Å². The lowest BCUT2D eigenvalue weighted by atomic mass is 10.1. The third-order valence-corrected chi connectivity index (χ3v) is 8.46. The fraction of sp³-hybridized carbons (Fsp3) is 0.333. The van der Waals surface area contributed by atoms with E-state index in [1.54, 1.807) is 4.90 Å². The molecule has 1 saturated heterocycles. The van der Waals surface area contributed by atoms with Gasteiger partial charge in [-0.2, -0.15) is 0 Å². The van der Waals surface area contributed by atoms with E-state index in [-0.39, 0.29) is 27.5 Å². The van der Waals surface area contributed by atoms with Gasteiger partial charge in [0, 0.05) is 26.3 Å². The van der Waals surface area contributed by atoms with Crippen LogP contribution in [0.5, 0.6) is 0 Å². The highest BCUT2D eigenvalue weighted by Crippen LogP contribution is 2.32. The molecule has 0 saturated carbocycles. The van der Waals surface area contributed by atoms with Crippen LogP contribution in [0.3, 0.4) is 0 Å². The Labute approximate surface area is 190 Å². The number of ether oxygens (including phenoxy) is 1. The number of carbonyl (C=O) groups excluding carboxylic acids is 1. The number of benzene rings is 2. The standard InChI is InChI=1S/C21H22ClN3O4S2/c1-24(2)31(27,28)19-12-14(9-10-16(19)22)20(26)25(13-15-6-5-11-29-15)21-23-17-7-3-4-8-18(17)30-21/h3-4,7-10,12,15H,5-6,11,13H2,1-2H3. The van der Waals surface area contributed by atoms with Crippen LogP contribution in [0.1, 0.15) is 23.2 Å². The van der Waals surface area contributed by atoms with Crippen LogP contribution in [0.4, 0.5) is 5.13 Å². The Morgan fingerprint density at radius 3 is 2.71 bits per heavy atom. The zero-order valence-electron chi connectivity index (χ0n) is 17.1. The number of anilines is 1. The summed E-state index contributed by atoms with van der Waals surface area (Å²) >= 11 is 7.57. The summed E-state index contributed by atoms with van der Waals surface area (Å²) < 4.78 is 33.1. The highest BCUT2D eigenvalue weighted by atomic mass is 35.5. The lowest BCUT2D eigenvalue weighted by Gasteiger charge is -2.23. The molecule has 1 aliphatic rings. The second-order valence-electron chi connectivity index (χ2n) is 7.45. The summed E-state index contributed by atoms with van der Waals surface area (Å²) in [5.74, 6) is -0.346. The van der Waals surface area contributed by atoms with Gasteiger partial charge in [-0.05, 0) is 43.2 Å². The van der Waals surface area contributed by atoms with E-state index in [1.807, 2.05) is 24.3 Å². The number of thiazole rings is 1. The summed E-state index contributed by atoms with van der Waals surface area (Å²) in [4.78, 5) is 19.7. The number of aromatic nitrogens is 1. The minimum Gasteiger partial charge on any atom is -0.376 e. The third kappa shape index (κ3) is 4.47. The molecule has 10 heteroatoms. The number of fused-ring (bicyclic) bond motifs is 1. The van der Waals surface area contributed by atoms with E-state index in [0.29, 0.717) is 18.3 Å². The number of nitrogens with zero attached hydrogens (tertiary/aromatic N) is 3. The molecule has 1 aliphatic heterocycles. The van der Waals surface area contributed by atoms with E-state index in [4.69, 9.17) is 16.3 Å². The molecule has 4 rings (SSSR count). The number of sulfonamides is 1. The lowest BCUT2D eigenvalue weighted by Crippen LogP contribution is -2.37. The van der Waals surface area contributed by atoms with Crippen molar-refractivity contribution in [2.24, 2.45) is 0 Å². The monoisotopic (exact) mass is 479 g/mol. The van der Waals surface area contributed by atoms with Crippen molar-refractivity contribution in [3.05, 3.63) is 53.1 Å². The first-order chi connectivity index (χ1) is 14.8. The predicted octanol–water partition coefficient (Wildman–Crippen LogP) is 4.03. The van der Waals surface area contributed by atoms with Crippen molar-refractivity contribution >= 4 is 54.2 Å². The maximum absolute atomic E-state index is 13.6. The van der Waals surface area contributed by atoms with Crippen LogP contribution in [-0.2, 0) is 14.8 Å². The average Bonchev–Trinajstić information content (AvgIpc) is 3.41. The summed E-state index contributed by atoms with van der Waals surface area (Å²) in [6.07, 6.45) is 1.71. The Kier molecular flexibility index (Phi) is 6.32. The molecular formula is C21H22ClN3O4S2. The topological polar surface area (TPSA) is 79.8 Å². The van der Waals surface area contributed by atoms with Crippen LogP contribution < -0.4 is 4.90 Å². The van der Waals surface area contributed by atoms with Crippen molar-refractivity contribution in [2.75, 3.05) is 32.1 Å². The number of hydrogen-bond acceptors (Lipinski definition) is 6. The Hall–Kier alpha value is -2.04. The second-order valence-corrected chi connectivity index (χ2v) is 11.0. The van der Waals surface area contributed by atoms with Gasteiger partial charge >= 0.3 is 0 Å². The fourth-order valence-electron chi connectivity index (χ4n) is 3.40. The molecule has 1 amide bonds. The van der Waals surface area contributed by atoms with Gasteiger partial charge in [-0.25, -0.2) is 17.7 Å². The molecule has 0 aliphatic carbocycles. The van der Waals surface area contributed by atoms with Gasteiger partial charge < -0.3 is 4.74 Å². The number of rotatable bonds is 6. The largest absolute Gasteiger partial charge is 0.376 e. The van der Waals surface area contributed by atoms with Crippen molar-refractivity contribution < 1.29 is 17.9 Å². The molecule has 1 unspecified atom stereocenters. The molecular weight excluding hydrogens is 458 g/mol. The summed E-state index contributed by atoms with van der Waals surface area (Å²) in [5, 5.41) is 0.615. The van der Waals surface area contributed by atoms with Crippen LogP contribution in [-0.4, -0.2) is 57.0 Å². The Morgan fingerprint density at radius 2 is 2.03 bits per heavy atom. The molecule has 0 N–H and O–H groups in total. The van der Waals surface area contributed by atoms with Crippen LogP contribution in [0.15, 0.2) is 47.4 Å². The van der Waals surface area contributed by atoms with Crippen molar-refractivity contribution in [1.29, 1.82) is 0 Å². The normalized spacial score (nSPS) is 16.8. The van der Waals surface area contributed by atoms with E-state index in [9.17, 15) is 13.2 Å². The highest BCUT2D eigenvalue weighted by Gasteiger charge is 2.29. The van der Waals surface area contributed by atoms with E-state index in [2.05, 4.69) is 4.98 Å². The molecule has 0 spiro atoms. The molecule has 3 aromatic rings. The van der Waals surface area contributed by atoms with Crippen LogP contribution in [0.25, 0.3) is 10.2 Å². The van der Waals surface area contributed by atoms with Crippen LogP contribution in [0.2, 0.25) is 5.02 Å². The van der Waals surface area contributed by atoms with Gasteiger partial charge in [0.25, 0.3) is 5.91 Å². The first-order valence-electron chi connectivity index (χ1n) is 9.78. The molecule has 1 fully saturated rings. The summed E-state index contributed by atoms with van der Waals surface area (Å²) in [6, 6.07) is 12.0. The summed E-state index contributed by atoms with van der Waals surface area (Å²) in [7, 11) is -0.961. The van der Waals surface area contributed by atoms with Gasteiger partial charge in [0.1, 0.15) is 4.90 Å². The minimum absolute atomic E-state index is 0.0657. The third-order valence-electron chi connectivity index (χ3n) is 5.11. The van der Waals surface area contributed by atoms with Gasteiger partial charge in [0.2, 0.25) is 10.0 Å². The maximum atomic E-state index is 13.6. The molecule has 164 valence electrons. The maximum Gasteiger partial charge on any atom is 0.260 e. The molecule has 7 nitrogen and oxygen atoms in total. The Balaban J connectivity index is 1.75. The SMILES string of the molecule is CN(C)S(=O)(=O)c1cc(C(=O)N(CC2CCCO2)c2nc3ccccc3s2)ccc1Cl. The summed E-state index contributed by atoms with van der Waals surface area (Å²) in [5.41, 5.74) is 1.03. The number of amides is 1. The van der Waals surface area contributed by atoms with E-state index < -0.39 is 10.0 Å². The number of hydrogen-bond donors (Lipinski definition) is 0. The van der Waals surface area contributed by atoms with Crippen molar-refractivity contribution in [1.82, 2.24) is 9.29 Å². The molecule has 0 bridgehead atoms. The molecule has 1 aromatic heterocycles. The van der Waals surface area contributed by atoms with Crippen molar-refractivity contribution in [3.8, 4) is 0 Å². The van der Waals surface area contributed by atoms with Crippen LogP contribution in [0, 0.1) is 0 Å². The van der Waals surface area contributed by atoms with Gasteiger partial charge in [-0.1, -0.05) is 35.1 Å². The zero-order valence-corrected chi connectivity index (χ0v) is 19.5. The fourth-order valence-corrected chi connectivity index (χ4v) is 5.77. The second kappa shape index (κ2) is 8.84. The van der Waals surface area contributed by atoms with Crippen LogP contribution >= 0.6 is 22.9 Å². The van der Waals surface area contributed by atoms with Crippen molar-refractivity contribution in [3.63, 3.8) is 0 Å². The lowest BCUT2D eigenvalue weighted by molar-refractivity contribution is 0.0917. The van der Waals surface area contributed by atoms with E-state index in [0.717, 1.165) is 27.4 Å². The molecule has 2 heterocycles. The first kappa shape index (κ1) is 22.2. The zero-order chi connectivity index (χ0) is 22.2. The van der Waals surface area contributed by atoms with Crippen molar-refractivity contribution in [2.45, 2.75) is 23.8 Å². The molecule has 31 heavy (non-hydrogen) atoms. The Morgan fingerprint density at radius 1 is 1.26 bits per heavy atom. The average molecular weight is 480 g/mol. The highest BCUT2D eigenvalue weighted by molar-refractivity contribution is 7.89. The van der Waals surface area contributed by atoms with E-state index >= 15 is 0 Å². The number of halogens is 1.